The van der Waals surface area contributed by atoms with Crippen molar-refractivity contribution in [1.82, 2.24) is 15.5 Å². The first-order valence-corrected chi connectivity index (χ1v) is 9.79. The Morgan fingerprint density at radius 1 is 1.22 bits per heavy atom. The molecule has 1 heterocycles. The fraction of sp³-hybridized carbons (Fsp3) is 0.455. The van der Waals surface area contributed by atoms with E-state index in [1.54, 1.807) is 0 Å². The number of hydrogen-bond acceptors (Lipinski definition) is 3. The number of nitrogens with zero attached hydrogens (tertiary/aromatic N) is 1. The van der Waals surface area contributed by atoms with Gasteiger partial charge in [0.1, 0.15) is 0 Å². The number of hydrogen-bond donors (Lipinski definition) is 2. The molecule has 0 bridgehead atoms. The van der Waals surface area contributed by atoms with Crippen molar-refractivity contribution in [3.05, 3.63) is 48.0 Å². The van der Waals surface area contributed by atoms with E-state index in [2.05, 4.69) is 59.7 Å². The van der Waals surface area contributed by atoms with E-state index in [1.165, 1.54) is 10.8 Å². The summed E-state index contributed by atoms with van der Waals surface area (Å²) in [5.41, 5.74) is 1.16. The highest BCUT2D eigenvalue weighted by molar-refractivity contribution is 5.89. The summed E-state index contributed by atoms with van der Waals surface area (Å²) in [5.74, 6) is 0.440. The van der Waals surface area contributed by atoms with Crippen molar-refractivity contribution in [3.8, 4) is 0 Å². The first kappa shape index (κ1) is 19.4. The van der Waals surface area contributed by atoms with Crippen molar-refractivity contribution in [1.29, 1.82) is 0 Å². The third-order valence-electron chi connectivity index (χ3n) is 5.06. The molecule has 1 fully saturated rings. The van der Waals surface area contributed by atoms with E-state index >= 15 is 0 Å². The molecule has 0 radical (unpaired) electrons. The fourth-order valence-electron chi connectivity index (χ4n) is 3.49. The number of fused-ring (bicyclic) bond motifs is 1. The minimum atomic E-state index is -0.413. The minimum absolute atomic E-state index is 0.0544. The molecule has 5 heteroatoms. The van der Waals surface area contributed by atoms with Crippen LogP contribution in [0.25, 0.3) is 10.8 Å². The molecule has 2 aromatic rings. The lowest BCUT2D eigenvalue weighted by Gasteiger charge is -2.34. The largest absolute Gasteiger partial charge is 0.356 e. The standard InChI is InChI=1S/C22H29N3O2/c1-16(2)9-10-23-21(26)14-20-22(27)24-11-12-25(20)15-17-7-8-18-5-3-4-6-19(18)13-17/h3-8,13,16,20H,9-12,14-15H2,1-2H3,(H,23,26)(H,24,27)/t20-/m0/s1. The van der Waals surface area contributed by atoms with E-state index in [0.29, 0.717) is 25.6 Å². The summed E-state index contributed by atoms with van der Waals surface area (Å²) in [4.78, 5) is 26.8. The van der Waals surface area contributed by atoms with E-state index in [-0.39, 0.29) is 18.2 Å². The second-order valence-corrected chi connectivity index (χ2v) is 7.70. The normalized spacial score (nSPS) is 17.9. The van der Waals surface area contributed by atoms with Crippen LogP contribution < -0.4 is 10.6 Å². The van der Waals surface area contributed by atoms with Gasteiger partial charge in [0, 0.05) is 26.2 Å². The Bertz CT molecular complexity index is 803. The molecule has 5 nitrogen and oxygen atoms in total. The van der Waals surface area contributed by atoms with Gasteiger partial charge in [-0.3, -0.25) is 14.5 Å². The van der Waals surface area contributed by atoms with Gasteiger partial charge < -0.3 is 10.6 Å². The number of piperazine rings is 1. The van der Waals surface area contributed by atoms with Gasteiger partial charge in [-0.05, 0) is 34.7 Å². The first-order chi connectivity index (χ1) is 13.0. The summed E-state index contributed by atoms with van der Waals surface area (Å²) in [6.45, 7) is 6.97. The van der Waals surface area contributed by atoms with Gasteiger partial charge in [0.2, 0.25) is 11.8 Å². The Hall–Kier alpha value is -2.40. The molecule has 2 amide bonds. The summed E-state index contributed by atoms with van der Waals surface area (Å²) in [5, 5.41) is 8.24. The number of carbonyl (C=O) groups excluding carboxylic acids is 2. The molecule has 0 saturated carbocycles. The zero-order valence-electron chi connectivity index (χ0n) is 16.2. The van der Waals surface area contributed by atoms with Gasteiger partial charge in [0.25, 0.3) is 0 Å². The van der Waals surface area contributed by atoms with Crippen LogP contribution >= 0.6 is 0 Å². The summed E-state index contributed by atoms with van der Waals surface area (Å²) in [7, 11) is 0. The number of amides is 2. The van der Waals surface area contributed by atoms with Crippen LogP contribution in [-0.4, -0.2) is 42.4 Å². The minimum Gasteiger partial charge on any atom is -0.356 e. The van der Waals surface area contributed by atoms with Gasteiger partial charge >= 0.3 is 0 Å². The third kappa shape index (κ3) is 5.30. The maximum atomic E-state index is 12.4. The average Bonchev–Trinajstić information content (AvgIpc) is 2.64. The van der Waals surface area contributed by atoms with Crippen molar-refractivity contribution < 1.29 is 9.59 Å². The maximum Gasteiger partial charge on any atom is 0.237 e. The topological polar surface area (TPSA) is 61.4 Å². The van der Waals surface area contributed by atoms with Crippen LogP contribution in [0.5, 0.6) is 0 Å². The highest BCUT2D eigenvalue weighted by Crippen LogP contribution is 2.19. The maximum absolute atomic E-state index is 12.4. The molecule has 0 spiro atoms. The number of carbonyl (C=O) groups is 2. The Morgan fingerprint density at radius 3 is 2.78 bits per heavy atom. The Kier molecular flexibility index (Phi) is 6.45. The van der Waals surface area contributed by atoms with Crippen LogP contribution in [0, 0.1) is 5.92 Å². The number of rotatable bonds is 7. The number of benzene rings is 2. The van der Waals surface area contributed by atoms with Crippen molar-refractivity contribution in [3.63, 3.8) is 0 Å². The fourth-order valence-corrected chi connectivity index (χ4v) is 3.49. The molecular formula is C22H29N3O2. The highest BCUT2D eigenvalue weighted by atomic mass is 16.2. The predicted molar refractivity (Wildman–Crippen MR) is 108 cm³/mol. The van der Waals surface area contributed by atoms with E-state index in [9.17, 15) is 9.59 Å². The molecule has 1 saturated heterocycles. The SMILES string of the molecule is CC(C)CCNC(=O)C[C@H]1C(=O)NCCN1Cc1ccc2ccccc2c1. The van der Waals surface area contributed by atoms with Gasteiger partial charge in [-0.1, -0.05) is 50.2 Å². The molecule has 2 aromatic carbocycles. The second-order valence-electron chi connectivity index (χ2n) is 7.70. The monoisotopic (exact) mass is 367 g/mol. The molecule has 27 heavy (non-hydrogen) atoms. The summed E-state index contributed by atoms with van der Waals surface area (Å²) >= 11 is 0. The molecular weight excluding hydrogens is 338 g/mol. The third-order valence-corrected chi connectivity index (χ3v) is 5.06. The van der Waals surface area contributed by atoms with Gasteiger partial charge in [0.05, 0.1) is 12.5 Å². The van der Waals surface area contributed by atoms with E-state index in [1.807, 2.05) is 12.1 Å². The predicted octanol–water partition coefficient (Wildman–Crippen LogP) is 2.69. The Labute approximate surface area is 161 Å². The van der Waals surface area contributed by atoms with Gasteiger partial charge in [0.15, 0.2) is 0 Å². The Balaban J connectivity index is 1.65. The van der Waals surface area contributed by atoms with E-state index in [0.717, 1.165) is 18.5 Å². The lowest BCUT2D eigenvalue weighted by Crippen LogP contribution is -2.56. The van der Waals surface area contributed by atoms with Crippen molar-refractivity contribution in [2.75, 3.05) is 19.6 Å². The second kappa shape index (κ2) is 9.00. The lowest BCUT2D eigenvalue weighted by molar-refractivity contribution is -0.134. The molecule has 0 aromatic heterocycles. The zero-order valence-corrected chi connectivity index (χ0v) is 16.2. The van der Waals surface area contributed by atoms with Crippen LogP contribution in [-0.2, 0) is 16.1 Å². The summed E-state index contributed by atoms with van der Waals surface area (Å²) < 4.78 is 0. The molecule has 1 atom stereocenters. The van der Waals surface area contributed by atoms with Gasteiger partial charge in [-0.2, -0.15) is 0 Å². The number of nitrogens with one attached hydrogen (secondary N) is 2. The molecule has 3 rings (SSSR count). The molecule has 0 aliphatic carbocycles. The van der Waals surface area contributed by atoms with Crippen LogP contribution in [0.1, 0.15) is 32.3 Å². The highest BCUT2D eigenvalue weighted by Gasteiger charge is 2.31. The quantitative estimate of drug-likeness (QED) is 0.791. The smallest absolute Gasteiger partial charge is 0.237 e. The van der Waals surface area contributed by atoms with Gasteiger partial charge in [-0.15, -0.1) is 0 Å². The zero-order chi connectivity index (χ0) is 19.2. The van der Waals surface area contributed by atoms with Crippen molar-refractivity contribution >= 4 is 22.6 Å². The van der Waals surface area contributed by atoms with Crippen LogP contribution in [0.4, 0.5) is 0 Å². The lowest BCUT2D eigenvalue weighted by atomic mass is 10.0. The van der Waals surface area contributed by atoms with Crippen LogP contribution in [0.3, 0.4) is 0 Å². The van der Waals surface area contributed by atoms with Gasteiger partial charge in [-0.25, -0.2) is 0 Å². The molecule has 1 aliphatic heterocycles. The Morgan fingerprint density at radius 2 is 2.00 bits per heavy atom. The average molecular weight is 367 g/mol. The molecule has 0 unspecified atom stereocenters. The van der Waals surface area contributed by atoms with Crippen LogP contribution in [0.2, 0.25) is 0 Å². The molecule has 144 valence electrons. The van der Waals surface area contributed by atoms with Crippen molar-refractivity contribution in [2.24, 2.45) is 5.92 Å². The molecule has 2 N–H and O–H groups in total. The summed E-state index contributed by atoms with van der Waals surface area (Å²) in [6.07, 6.45) is 1.15. The van der Waals surface area contributed by atoms with Crippen molar-refractivity contribution in [2.45, 2.75) is 39.3 Å². The van der Waals surface area contributed by atoms with E-state index in [4.69, 9.17) is 0 Å². The molecule has 1 aliphatic rings. The van der Waals surface area contributed by atoms with E-state index < -0.39 is 6.04 Å². The summed E-state index contributed by atoms with van der Waals surface area (Å²) in [6, 6.07) is 14.2. The van der Waals surface area contributed by atoms with Crippen LogP contribution in [0.15, 0.2) is 42.5 Å². The first-order valence-electron chi connectivity index (χ1n) is 9.79.